The number of hydrogen-bond donors (Lipinski definition) is 2. The van der Waals surface area contributed by atoms with Crippen LogP contribution in [0.5, 0.6) is 5.75 Å². The SMILES string of the molecule is COc1cccc2ccc(C(=O)NC3CC4CCC3N4)cc12. The van der Waals surface area contributed by atoms with Crippen LogP contribution in [-0.2, 0) is 0 Å². The molecule has 2 aliphatic rings. The molecule has 2 aromatic rings. The van der Waals surface area contributed by atoms with Gasteiger partial charge in [-0.2, -0.15) is 0 Å². The van der Waals surface area contributed by atoms with Gasteiger partial charge in [0.1, 0.15) is 5.75 Å². The molecule has 0 radical (unpaired) electrons. The Kier molecular flexibility index (Phi) is 3.26. The predicted octanol–water partition coefficient (Wildman–Crippen LogP) is 2.47. The Morgan fingerprint density at radius 1 is 1.27 bits per heavy atom. The molecule has 1 amide bonds. The smallest absolute Gasteiger partial charge is 0.251 e. The van der Waals surface area contributed by atoms with Gasteiger partial charge in [0.2, 0.25) is 0 Å². The number of hydrogen-bond acceptors (Lipinski definition) is 3. The molecule has 2 heterocycles. The molecular weight excluding hydrogens is 276 g/mol. The number of fused-ring (bicyclic) bond motifs is 3. The molecule has 0 aromatic heterocycles. The fraction of sp³-hybridized carbons (Fsp3) is 0.389. The zero-order chi connectivity index (χ0) is 15.1. The zero-order valence-electron chi connectivity index (χ0n) is 12.6. The van der Waals surface area contributed by atoms with Gasteiger partial charge in [-0.15, -0.1) is 0 Å². The molecule has 4 rings (SSSR count). The summed E-state index contributed by atoms with van der Waals surface area (Å²) in [7, 11) is 1.66. The van der Waals surface area contributed by atoms with E-state index in [-0.39, 0.29) is 11.9 Å². The lowest BCUT2D eigenvalue weighted by Gasteiger charge is -2.21. The van der Waals surface area contributed by atoms with E-state index < -0.39 is 0 Å². The molecule has 2 fully saturated rings. The molecule has 4 heteroatoms. The number of carbonyl (C=O) groups is 1. The lowest BCUT2D eigenvalue weighted by Crippen LogP contribution is -2.42. The van der Waals surface area contributed by atoms with Gasteiger partial charge in [-0.05, 0) is 42.8 Å². The van der Waals surface area contributed by atoms with Crippen molar-refractivity contribution in [2.24, 2.45) is 0 Å². The molecule has 0 saturated carbocycles. The highest BCUT2D eigenvalue weighted by Gasteiger charge is 2.39. The minimum absolute atomic E-state index is 0.00663. The predicted molar refractivity (Wildman–Crippen MR) is 86.3 cm³/mol. The molecule has 0 spiro atoms. The summed E-state index contributed by atoms with van der Waals surface area (Å²) in [5, 5.41) is 8.79. The topological polar surface area (TPSA) is 50.4 Å². The first-order chi connectivity index (χ1) is 10.7. The van der Waals surface area contributed by atoms with Crippen LogP contribution in [0, 0.1) is 0 Å². The Morgan fingerprint density at radius 2 is 2.18 bits per heavy atom. The van der Waals surface area contributed by atoms with E-state index in [1.807, 2.05) is 36.4 Å². The highest BCUT2D eigenvalue weighted by molar-refractivity contribution is 6.00. The van der Waals surface area contributed by atoms with Crippen LogP contribution in [0.3, 0.4) is 0 Å². The second-order valence-electron chi connectivity index (χ2n) is 6.26. The van der Waals surface area contributed by atoms with Crippen LogP contribution in [0.25, 0.3) is 10.8 Å². The van der Waals surface area contributed by atoms with Crippen LogP contribution in [0.2, 0.25) is 0 Å². The third kappa shape index (κ3) is 2.24. The molecule has 4 nitrogen and oxygen atoms in total. The first-order valence-electron chi connectivity index (χ1n) is 7.88. The second kappa shape index (κ2) is 5.29. The molecule has 2 bridgehead atoms. The first kappa shape index (κ1) is 13.6. The highest BCUT2D eigenvalue weighted by Crippen LogP contribution is 2.29. The van der Waals surface area contributed by atoms with Crippen molar-refractivity contribution in [3.05, 3.63) is 42.0 Å². The third-order valence-electron chi connectivity index (χ3n) is 4.94. The molecule has 114 valence electrons. The summed E-state index contributed by atoms with van der Waals surface area (Å²) < 4.78 is 5.39. The minimum atomic E-state index is 0.00663. The van der Waals surface area contributed by atoms with Crippen molar-refractivity contribution in [3.8, 4) is 5.75 Å². The summed E-state index contributed by atoms with van der Waals surface area (Å²) in [5.41, 5.74) is 0.694. The Balaban J connectivity index is 1.59. The lowest BCUT2D eigenvalue weighted by molar-refractivity contribution is 0.0931. The van der Waals surface area contributed by atoms with E-state index in [2.05, 4.69) is 10.6 Å². The molecule has 2 saturated heterocycles. The van der Waals surface area contributed by atoms with Crippen molar-refractivity contribution in [1.82, 2.24) is 10.6 Å². The monoisotopic (exact) mass is 296 g/mol. The van der Waals surface area contributed by atoms with Crippen molar-refractivity contribution in [1.29, 1.82) is 0 Å². The summed E-state index contributed by atoms with van der Waals surface area (Å²) in [5.74, 6) is 0.806. The van der Waals surface area contributed by atoms with Crippen LogP contribution in [0.1, 0.15) is 29.6 Å². The van der Waals surface area contributed by atoms with Crippen molar-refractivity contribution < 1.29 is 9.53 Å². The Hall–Kier alpha value is -2.07. The number of rotatable bonds is 3. The van der Waals surface area contributed by atoms with Gasteiger partial charge in [-0.1, -0.05) is 18.2 Å². The van der Waals surface area contributed by atoms with Crippen molar-refractivity contribution in [2.45, 2.75) is 37.4 Å². The summed E-state index contributed by atoms with van der Waals surface area (Å²) in [6, 6.07) is 13.0. The van der Waals surface area contributed by atoms with Crippen molar-refractivity contribution in [2.75, 3.05) is 7.11 Å². The van der Waals surface area contributed by atoms with Crippen LogP contribution in [-0.4, -0.2) is 31.1 Å². The van der Waals surface area contributed by atoms with E-state index >= 15 is 0 Å². The van der Waals surface area contributed by atoms with Crippen LogP contribution in [0.4, 0.5) is 0 Å². The second-order valence-corrected chi connectivity index (χ2v) is 6.26. The van der Waals surface area contributed by atoms with Crippen LogP contribution < -0.4 is 15.4 Å². The van der Waals surface area contributed by atoms with Gasteiger partial charge >= 0.3 is 0 Å². The maximum absolute atomic E-state index is 12.5. The Morgan fingerprint density at radius 3 is 2.91 bits per heavy atom. The molecule has 2 aliphatic heterocycles. The normalized spacial score (nSPS) is 26.3. The molecular formula is C18H20N2O2. The number of carbonyl (C=O) groups excluding carboxylic acids is 1. The fourth-order valence-electron chi connectivity index (χ4n) is 3.80. The average molecular weight is 296 g/mol. The van der Waals surface area contributed by atoms with Gasteiger partial charge in [0.05, 0.1) is 7.11 Å². The molecule has 2 N–H and O–H groups in total. The van der Waals surface area contributed by atoms with E-state index in [1.54, 1.807) is 7.11 Å². The van der Waals surface area contributed by atoms with E-state index in [1.165, 1.54) is 12.8 Å². The first-order valence-corrected chi connectivity index (χ1v) is 7.88. The van der Waals surface area contributed by atoms with E-state index in [0.29, 0.717) is 17.6 Å². The maximum Gasteiger partial charge on any atom is 0.251 e. The van der Waals surface area contributed by atoms with E-state index in [0.717, 1.165) is 22.9 Å². The fourth-order valence-corrected chi connectivity index (χ4v) is 3.80. The summed E-state index contributed by atoms with van der Waals surface area (Å²) in [6.45, 7) is 0. The minimum Gasteiger partial charge on any atom is -0.496 e. The highest BCUT2D eigenvalue weighted by atomic mass is 16.5. The van der Waals surface area contributed by atoms with Gasteiger partial charge in [-0.3, -0.25) is 4.79 Å². The molecule has 22 heavy (non-hydrogen) atoms. The third-order valence-corrected chi connectivity index (χ3v) is 4.94. The number of benzene rings is 2. The Bertz CT molecular complexity index is 728. The van der Waals surface area contributed by atoms with Gasteiger partial charge in [0, 0.05) is 29.1 Å². The molecule has 2 aromatic carbocycles. The van der Waals surface area contributed by atoms with E-state index in [9.17, 15) is 4.79 Å². The largest absolute Gasteiger partial charge is 0.496 e. The Labute approximate surface area is 129 Å². The lowest BCUT2D eigenvalue weighted by atomic mass is 9.95. The number of ether oxygens (including phenoxy) is 1. The van der Waals surface area contributed by atoms with Gasteiger partial charge < -0.3 is 15.4 Å². The summed E-state index contributed by atoms with van der Waals surface area (Å²) in [6.07, 6.45) is 3.46. The number of methoxy groups -OCH3 is 1. The van der Waals surface area contributed by atoms with Crippen molar-refractivity contribution in [3.63, 3.8) is 0 Å². The van der Waals surface area contributed by atoms with Gasteiger partial charge in [0.15, 0.2) is 0 Å². The van der Waals surface area contributed by atoms with Gasteiger partial charge in [-0.25, -0.2) is 0 Å². The number of nitrogens with one attached hydrogen (secondary N) is 2. The van der Waals surface area contributed by atoms with E-state index in [4.69, 9.17) is 4.74 Å². The molecule has 0 aliphatic carbocycles. The molecule has 3 unspecified atom stereocenters. The summed E-state index contributed by atoms with van der Waals surface area (Å²) in [4.78, 5) is 12.5. The van der Waals surface area contributed by atoms with Gasteiger partial charge in [0.25, 0.3) is 5.91 Å². The standard InChI is InChI=1S/C18H20N2O2/c1-22-17-4-2-3-11-5-6-12(9-14(11)17)18(21)20-16-10-13-7-8-15(16)19-13/h2-6,9,13,15-16,19H,7-8,10H2,1H3,(H,20,21). The maximum atomic E-state index is 12.5. The zero-order valence-corrected chi connectivity index (χ0v) is 12.6. The van der Waals surface area contributed by atoms with Crippen LogP contribution >= 0.6 is 0 Å². The van der Waals surface area contributed by atoms with Crippen molar-refractivity contribution >= 4 is 16.7 Å². The average Bonchev–Trinajstić information content (AvgIpc) is 3.16. The quantitative estimate of drug-likeness (QED) is 0.915. The molecule has 3 atom stereocenters. The number of amides is 1. The van der Waals surface area contributed by atoms with Crippen LogP contribution in [0.15, 0.2) is 36.4 Å². The summed E-state index contributed by atoms with van der Waals surface area (Å²) >= 11 is 0.